The van der Waals surface area contributed by atoms with Crippen molar-refractivity contribution in [1.29, 1.82) is 0 Å². The number of rotatable bonds is 3. The molecule has 3 N–H and O–H groups in total. The summed E-state index contributed by atoms with van der Waals surface area (Å²) in [4.78, 5) is 17.2. The van der Waals surface area contributed by atoms with Crippen molar-refractivity contribution >= 4 is 38.4 Å². The maximum Gasteiger partial charge on any atom is 0.266 e. The van der Waals surface area contributed by atoms with E-state index in [1.807, 2.05) is 23.6 Å². The van der Waals surface area contributed by atoms with E-state index in [2.05, 4.69) is 9.88 Å². The highest BCUT2D eigenvalue weighted by Gasteiger charge is 2.18. The topological polar surface area (TPSA) is 76.6 Å². The van der Waals surface area contributed by atoms with E-state index in [0.717, 1.165) is 35.8 Å². The number of β-amino-alcohol motifs (C(OH)–C–C–N with tert-alkyl or cyclic N) is 1. The summed E-state index contributed by atoms with van der Waals surface area (Å²) in [5, 5.41) is 23.5. The molecule has 1 unspecified atom stereocenters. The zero-order valence-electron chi connectivity index (χ0n) is 13.0. The smallest absolute Gasteiger partial charge is 0.266 e. The second kappa shape index (κ2) is 6.05. The Morgan fingerprint density at radius 3 is 3.04 bits per heavy atom. The Balaban J connectivity index is 1.78. The number of aromatic nitrogens is 1. The van der Waals surface area contributed by atoms with Crippen LogP contribution < -0.4 is 5.56 Å². The normalized spacial score (nSPS) is 19.1. The first-order valence-electron chi connectivity index (χ1n) is 7.95. The number of phenols is 1. The molecule has 1 aromatic carbocycles. The summed E-state index contributed by atoms with van der Waals surface area (Å²) in [5.74, 6) is 0.194. The number of H-pyrrole nitrogens is 1. The number of phenolic OH excluding ortho intramolecular Hbond substituents is 1. The molecular formula is C18H18N2O3S. The van der Waals surface area contributed by atoms with E-state index in [0.29, 0.717) is 16.8 Å². The number of fused-ring (bicyclic) bond motifs is 3. The summed E-state index contributed by atoms with van der Waals surface area (Å²) in [6.45, 7) is 2.30. The van der Waals surface area contributed by atoms with Crippen LogP contribution in [0.2, 0.25) is 0 Å². The Labute approximate surface area is 142 Å². The number of hydrogen-bond acceptors (Lipinski definition) is 5. The predicted octanol–water partition coefficient (Wildman–Crippen LogP) is 2.53. The number of benzene rings is 1. The first-order chi connectivity index (χ1) is 11.6. The molecule has 1 fully saturated rings. The number of hydrogen-bond donors (Lipinski definition) is 3. The van der Waals surface area contributed by atoms with Gasteiger partial charge in [-0.3, -0.25) is 9.69 Å². The Morgan fingerprint density at radius 1 is 1.38 bits per heavy atom. The summed E-state index contributed by atoms with van der Waals surface area (Å²) in [5.41, 5.74) is 1.34. The number of thiophene rings is 1. The molecule has 1 aliphatic heterocycles. The van der Waals surface area contributed by atoms with Gasteiger partial charge in [-0.25, -0.2) is 0 Å². The third-order valence-corrected chi connectivity index (χ3v) is 5.42. The SMILES string of the molecule is O=c1[nH]c2ccc(O)c(/C=C/CN3CCC(O)C3)c2c2ccsc12. The van der Waals surface area contributed by atoms with Crippen molar-refractivity contribution < 1.29 is 10.2 Å². The lowest BCUT2D eigenvalue weighted by Gasteiger charge is -2.12. The first kappa shape index (κ1) is 15.4. The average molecular weight is 342 g/mol. The van der Waals surface area contributed by atoms with Crippen molar-refractivity contribution in [1.82, 2.24) is 9.88 Å². The fraction of sp³-hybridized carbons (Fsp3) is 0.278. The first-order valence-corrected chi connectivity index (χ1v) is 8.83. The van der Waals surface area contributed by atoms with Gasteiger partial charge in [0.2, 0.25) is 0 Å². The minimum absolute atomic E-state index is 0.0980. The summed E-state index contributed by atoms with van der Waals surface area (Å²) in [7, 11) is 0. The van der Waals surface area contributed by atoms with Crippen molar-refractivity contribution in [2.75, 3.05) is 19.6 Å². The van der Waals surface area contributed by atoms with Crippen LogP contribution in [0.4, 0.5) is 0 Å². The number of aromatic hydroxyl groups is 1. The molecule has 24 heavy (non-hydrogen) atoms. The van der Waals surface area contributed by atoms with Crippen molar-refractivity contribution in [3.63, 3.8) is 0 Å². The molecule has 0 spiro atoms. The molecule has 0 saturated carbocycles. The van der Waals surface area contributed by atoms with Gasteiger partial charge < -0.3 is 15.2 Å². The quantitative estimate of drug-likeness (QED) is 0.684. The van der Waals surface area contributed by atoms with Gasteiger partial charge in [-0.1, -0.05) is 12.2 Å². The van der Waals surface area contributed by atoms with Crippen molar-refractivity contribution in [2.45, 2.75) is 12.5 Å². The van der Waals surface area contributed by atoms with Crippen molar-refractivity contribution in [3.8, 4) is 5.75 Å². The monoisotopic (exact) mass is 342 g/mol. The molecule has 1 aliphatic rings. The Bertz CT molecular complexity index is 989. The van der Waals surface area contributed by atoms with Crippen LogP contribution in [0.25, 0.3) is 27.1 Å². The lowest BCUT2D eigenvalue weighted by Crippen LogP contribution is -2.21. The second-order valence-electron chi connectivity index (χ2n) is 6.14. The molecule has 3 aromatic rings. The second-order valence-corrected chi connectivity index (χ2v) is 7.06. The number of pyridine rings is 1. The van der Waals surface area contributed by atoms with E-state index in [9.17, 15) is 15.0 Å². The molecule has 0 radical (unpaired) electrons. The van der Waals surface area contributed by atoms with Crippen LogP contribution in [-0.2, 0) is 0 Å². The van der Waals surface area contributed by atoms with Gasteiger partial charge >= 0.3 is 0 Å². The van der Waals surface area contributed by atoms with E-state index in [-0.39, 0.29) is 17.4 Å². The van der Waals surface area contributed by atoms with Gasteiger partial charge in [0.25, 0.3) is 5.56 Å². The molecule has 0 aliphatic carbocycles. The van der Waals surface area contributed by atoms with Gasteiger partial charge in [0.15, 0.2) is 0 Å². The Hall–Kier alpha value is -2.15. The number of nitrogens with zero attached hydrogens (tertiary/aromatic N) is 1. The lowest BCUT2D eigenvalue weighted by atomic mass is 10.0. The maximum absolute atomic E-state index is 12.1. The Morgan fingerprint density at radius 2 is 2.25 bits per heavy atom. The molecule has 2 aromatic heterocycles. The molecule has 0 amide bonds. The third kappa shape index (κ3) is 2.62. The number of nitrogens with one attached hydrogen (secondary N) is 1. The fourth-order valence-corrected chi connectivity index (χ4v) is 4.13. The fourth-order valence-electron chi connectivity index (χ4n) is 3.33. The van der Waals surface area contributed by atoms with Crippen LogP contribution in [0.15, 0.2) is 34.4 Å². The van der Waals surface area contributed by atoms with E-state index in [1.165, 1.54) is 11.3 Å². The van der Waals surface area contributed by atoms with Crippen LogP contribution in [0.1, 0.15) is 12.0 Å². The largest absolute Gasteiger partial charge is 0.507 e. The summed E-state index contributed by atoms with van der Waals surface area (Å²) in [6.07, 6.45) is 4.47. The van der Waals surface area contributed by atoms with E-state index in [4.69, 9.17) is 0 Å². The van der Waals surface area contributed by atoms with Gasteiger partial charge in [0.1, 0.15) is 10.4 Å². The third-order valence-electron chi connectivity index (χ3n) is 4.51. The zero-order valence-corrected chi connectivity index (χ0v) is 13.8. The molecule has 6 heteroatoms. The van der Waals surface area contributed by atoms with E-state index < -0.39 is 0 Å². The predicted molar refractivity (Wildman–Crippen MR) is 97.7 cm³/mol. The highest BCUT2D eigenvalue weighted by Crippen LogP contribution is 2.33. The highest BCUT2D eigenvalue weighted by molar-refractivity contribution is 7.17. The Kier molecular flexibility index (Phi) is 3.88. The van der Waals surface area contributed by atoms with Crippen LogP contribution in [-0.4, -0.2) is 45.8 Å². The van der Waals surface area contributed by atoms with Crippen LogP contribution in [0, 0.1) is 0 Å². The van der Waals surface area contributed by atoms with Gasteiger partial charge in [-0.15, -0.1) is 11.3 Å². The van der Waals surface area contributed by atoms with Crippen molar-refractivity contribution in [3.05, 3.63) is 45.6 Å². The molecule has 4 rings (SSSR count). The van der Waals surface area contributed by atoms with Gasteiger partial charge in [-0.05, 0) is 30.0 Å². The number of aliphatic hydroxyl groups is 1. The molecule has 0 bridgehead atoms. The van der Waals surface area contributed by atoms with Crippen LogP contribution in [0.5, 0.6) is 5.75 Å². The maximum atomic E-state index is 12.1. The highest BCUT2D eigenvalue weighted by atomic mass is 32.1. The number of aromatic amines is 1. The van der Waals surface area contributed by atoms with Crippen LogP contribution in [0.3, 0.4) is 0 Å². The summed E-state index contributed by atoms with van der Waals surface area (Å²) < 4.78 is 0.672. The zero-order chi connectivity index (χ0) is 16.7. The van der Waals surface area contributed by atoms with E-state index >= 15 is 0 Å². The van der Waals surface area contributed by atoms with Crippen LogP contribution >= 0.6 is 11.3 Å². The summed E-state index contributed by atoms with van der Waals surface area (Å²) in [6, 6.07) is 5.26. The molecule has 124 valence electrons. The van der Waals surface area contributed by atoms with Crippen molar-refractivity contribution in [2.24, 2.45) is 0 Å². The molecular weight excluding hydrogens is 324 g/mol. The standard InChI is InChI=1S/C18H18N2O3S/c21-11-5-8-20(10-11)7-1-2-12-15(22)4-3-14-16(12)13-6-9-24-17(13)18(23)19-14/h1-4,6,9,11,21-22H,5,7-8,10H2,(H,19,23)/b2-1+. The minimum Gasteiger partial charge on any atom is -0.507 e. The summed E-state index contributed by atoms with van der Waals surface area (Å²) >= 11 is 1.40. The number of likely N-dealkylation sites (tertiary alicyclic amines) is 1. The minimum atomic E-state index is -0.236. The number of aliphatic hydroxyl groups excluding tert-OH is 1. The average Bonchev–Trinajstić information content (AvgIpc) is 3.19. The lowest BCUT2D eigenvalue weighted by molar-refractivity contribution is 0.179. The van der Waals surface area contributed by atoms with Gasteiger partial charge in [0.05, 0.1) is 6.10 Å². The van der Waals surface area contributed by atoms with Gasteiger partial charge in [-0.2, -0.15) is 0 Å². The molecule has 3 heterocycles. The molecule has 1 atom stereocenters. The molecule has 5 nitrogen and oxygen atoms in total. The van der Waals surface area contributed by atoms with Gasteiger partial charge in [0, 0.05) is 41.5 Å². The molecule has 1 saturated heterocycles. The van der Waals surface area contributed by atoms with E-state index in [1.54, 1.807) is 12.1 Å².